The predicted octanol–water partition coefficient (Wildman–Crippen LogP) is 4.21. The average Bonchev–Trinajstić information content (AvgIpc) is 3.43. The molecular formula is C25H18N2O6. The zero-order chi connectivity index (χ0) is 23.2. The first-order valence-corrected chi connectivity index (χ1v) is 10.1. The van der Waals surface area contributed by atoms with E-state index in [1.807, 2.05) is 12.1 Å². The summed E-state index contributed by atoms with van der Waals surface area (Å²) in [7, 11) is 0. The molecule has 33 heavy (non-hydrogen) atoms. The fraction of sp³-hybridized carbons (Fsp3) is 0.0800. The van der Waals surface area contributed by atoms with E-state index < -0.39 is 11.6 Å². The number of benzene rings is 3. The molecule has 3 aromatic carbocycles. The smallest absolute Gasteiger partial charge is 0.340 e. The van der Waals surface area contributed by atoms with Crippen molar-refractivity contribution in [2.24, 2.45) is 0 Å². The van der Waals surface area contributed by atoms with Gasteiger partial charge in [0.05, 0.1) is 5.56 Å². The van der Waals surface area contributed by atoms with Crippen LogP contribution in [0.2, 0.25) is 0 Å². The number of hydrogen-bond donors (Lipinski definition) is 2. The molecule has 8 nitrogen and oxygen atoms in total. The lowest BCUT2D eigenvalue weighted by atomic mass is 9.77. The summed E-state index contributed by atoms with van der Waals surface area (Å²) in [5, 5.41) is 19.7. The molecule has 0 fully saturated rings. The van der Waals surface area contributed by atoms with Crippen molar-refractivity contribution >= 4 is 11.9 Å². The van der Waals surface area contributed by atoms with Crippen LogP contribution >= 0.6 is 0 Å². The third kappa shape index (κ3) is 3.20. The van der Waals surface area contributed by atoms with Gasteiger partial charge < -0.3 is 19.7 Å². The van der Waals surface area contributed by atoms with Gasteiger partial charge in [0.1, 0.15) is 29.3 Å². The molecule has 0 bridgehead atoms. The van der Waals surface area contributed by atoms with E-state index in [2.05, 4.69) is 4.98 Å². The van der Waals surface area contributed by atoms with E-state index in [-0.39, 0.29) is 17.4 Å². The summed E-state index contributed by atoms with van der Waals surface area (Å²) >= 11 is 0. The number of nitrogens with zero attached hydrogens (tertiary/aromatic N) is 2. The van der Waals surface area contributed by atoms with Crippen molar-refractivity contribution in [2.45, 2.75) is 12.5 Å². The van der Waals surface area contributed by atoms with Crippen LogP contribution in [0.25, 0.3) is 0 Å². The molecule has 0 aliphatic carbocycles. The van der Waals surface area contributed by atoms with Gasteiger partial charge >= 0.3 is 5.97 Å². The van der Waals surface area contributed by atoms with Crippen LogP contribution in [-0.4, -0.2) is 31.6 Å². The molecule has 0 saturated carbocycles. The SMILES string of the molecule is CC(=O)n1ccnc1.O=C1OC2(c3ccc(O)cc3Oc3cc(O)ccc32)c2ccccc21. The normalized spacial score (nSPS) is 14.2. The summed E-state index contributed by atoms with van der Waals surface area (Å²) in [4.78, 5) is 26.6. The van der Waals surface area contributed by atoms with Crippen LogP contribution in [0, 0.1) is 0 Å². The Labute approximate surface area is 188 Å². The van der Waals surface area contributed by atoms with Gasteiger partial charge in [-0.25, -0.2) is 9.78 Å². The van der Waals surface area contributed by atoms with E-state index in [1.54, 1.807) is 36.7 Å². The van der Waals surface area contributed by atoms with Crippen molar-refractivity contribution in [3.8, 4) is 23.0 Å². The Morgan fingerprint density at radius 1 is 0.939 bits per heavy atom. The zero-order valence-corrected chi connectivity index (χ0v) is 17.4. The van der Waals surface area contributed by atoms with Crippen molar-refractivity contribution in [1.82, 2.24) is 9.55 Å². The monoisotopic (exact) mass is 442 g/mol. The van der Waals surface area contributed by atoms with E-state index in [4.69, 9.17) is 9.47 Å². The Kier molecular flexibility index (Phi) is 4.63. The van der Waals surface area contributed by atoms with Crippen molar-refractivity contribution in [1.29, 1.82) is 0 Å². The number of phenolic OH excluding ortho intramolecular Hbond substituents is 2. The second-order valence-electron chi connectivity index (χ2n) is 7.57. The molecule has 0 radical (unpaired) electrons. The van der Waals surface area contributed by atoms with Crippen molar-refractivity contribution in [3.05, 3.63) is 102 Å². The molecule has 164 valence electrons. The van der Waals surface area contributed by atoms with Gasteiger partial charge in [-0.3, -0.25) is 9.36 Å². The average molecular weight is 442 g/mol. The maximum absolute atomic E-state index is 12.5. The minimum Gasteiger partial charge on any atom is -0.508 e. The summed E-state index contributed by atoms with van der Waals surface area (Å²) in [6.45, 7) is 1.49. The highest BCUT2D eigenvalue weighted by Gasteiger charge is 2.53. The van der Waals surface area contributed by atoms with Crippen LogP contribution in [0.15, 0.2) is 79.4 Å². The lowest BCUT2D eigenvalue weighted by Gasteiger charge is -2.36. The molecule has 2 aliphatic rings. The molecule has 0 saturated heterocycles. The summed E-state index contributed by atoms with van der Waals surface area (Å²) in [5.74, 6) is 0.397. The summed E-state index contributed by atoms with van der Waals surface area (Å²) in [6.07, 6.45) is 4.66. The molecule has 4 aromatic rings. The predicted molar refractivity (Wildman–Crippen MR) is 117 cm³/mol. The second-order valence-corrected chi connectivity index (χ2v) is 7.57. The summed E-state index contributed by atoms with van der Waals surface area (Å²) < 4.78 is 13.2. The first kappa shape index (κ1) is 20.3. The Bertz CT molecular complexity index is 1340. The summed E-state index contributed by atoms with van der Waals surface area (Å²) in [5.41, 5.74) is 1.28. The lowest BCUT2D eigenvalue weighted by molar-refractivity contribution is 0.0224. The van der Waals surface area contributed by atoms with E-state index in [0.29, 0.717) is 33.8 Å². The van der Waals surface area contributed by atoms with Gasteiger partial charge in [0.2, 0.25) is 5.91 Å². The molecular weight excluding hydrogens is 424 g/mol. The molecule has 2 aliphatic heterocycles. The van der Waals surface area contributed by atoms with Crippen LogP contribution in [0.3, 0.4) is 0 Å². The first-order chi connectivity index (χ1) is 15.9. The van der Waals surface area contributed by atoms with Crippen molar-refractivity contribution in [3.63, 3.8) is 0 Å². The second kappa shape index (κ2) is 7.52. The van der Waals surface area contributed by atoms with E-state index in [9.17, 15) is 19.8 Å². The van der Waals surface area contributed by atoms with Gasteiger partial charge in [0.25, 0.3) is 0 Å². The number of hydrogen-bond acceptors (Lipinski definition) is 7. The van der Waals surface area contributed by atoms with Gasteiger partial charge in [-0.2, -0.15) is 0 Å². The van der Waals surface area contributed by atoms with Gasteiger partial charge in [0.15, 0.2) is 5.60 Å². The molecule has 0 atom stereocenters. The first-order valence-electron chi connectivity index (χ1n) is 10.1. The highest BCUT2D eigenvalue weighted by atomic mass is 16.6. The molecule has 0 amide bonds. The van der Waals surface area contributed by atoms with Crippen molar-refractivity contribution < 1.29 is 29.3 Å². The number of esters is 1. The lowest BCUT2D eigenvalue weighted by Crippen LogP contribution is -2.32. The van der Waals surface area contributed by atoms with Gasteiger partial charge in [-0.05, 0) is 30.3 Å². The van der Waals surface area contributed by atoms with E-state index >= 15 is 0 Å². The fourth-order valence-electron chi connectivity index (χ4n) is 4.10. The molecule has 2 N–H and O–H groups in total. The van der Waals surface area contributed by atoms with E-state index in [0.717, 1.165) is 0 Å². The fourth-order valence-corrected chi connectivity index (χ4v) is 4.10. The Hall–Kier alpha value is -4.59. The van der Waals surface area contributed by atoms with Crippen LogP contribution in [-0.2, 0) is 10.3 Å². The number of phenols is 2. The number of aromatic hydroxyl groups is 2. The van der Waals surface area contributed by atoms with Crippen molar-refractivity contribution in [2.75, 3.05) is 0 Å². The topological polar surface area (TPSA) is 111 Å². The molecule has 6 rings (SSSR count). The Morgan fingerprint density at radius 3 is 2.12 bits per heavy atom. The third-order valence-corrected chi connectivity index (χ3v) is 5.55. The number of carbonyl (C=O) groups excluding carboxylic acids is 2. The largest absolute Gasteiger partial charge is 0.508 e. The van der Waals surface area contributed by atoms with Gasteiger partial charge in [-0.1, -0.05) is 18.2 Å². The summed E-state index contributed by atoms with van der Waals surface area (Å²) in [6, 6.07) is 16.6. The minimum absolute atomic E-state index is 0.0116. The van der Waals surface area contributed by atoms with E-state index in [1.165, 1.54) is 42.1 Å². The van der Waals surface area contributed by atoms with Crippen LogP contribution in [0.4, 0.5) is 0 Å². The number of fused-ring (bicyclic) bond motifs is 6. The number of imidazole rings is 1. The number of rotatable bonds is 0. The molecule has 8 heteroatoms. The number of carbonyl (C=O) groups is 2. The standard InChI is InChI=1S/C20H12O5.C5H6N2O/c21-11-5-7-15-17(9-11)24-18-10-12(22)6-8-16(18)20(15)14-4-2-1-3-13(14)19(23)25-20;1-5(8)7-3-2-6-4-7/h1-10,21-22H;2-4H,1H3. The number of aromatic nitrogens is 2. The van der Waals surface area contributed by atoms with Gasteiger partial charge in [0, 0.05) is 48.1 Å². The Balaban J connectivity index is 0.000000243. The highest BCUT2D eigenvalue weighted by Crippen LogP contribution is 2.56. The quantitative estimate of drug-likeness (QED) is 0.393. The maximum Gasteiger partial charge on any atom is 0.340 e. The molecule has 1 aromatic heterocycles. The van der Waals surface area contributed by atoms with Crippen LogP contribution in [0.1, 0.15) is 38.8 Å². The maximum atomic E-state index is 12.5. The third-order valence-electron chi connectivity index (χ3n) is 5.55. The van der Waals surface area contributed by atoms with Crippen LogP contribution in [0.5, 0.6) is 23.0 Å². The number of ether oxygens (including phenoxy) is 2. The molecule has 3 heterocycles. The highest BCUT2D eigenvalue weighted by molar-refractivity contribution is 5.97. The Morgan fingerprint density at radius 2 is 1.58 bits per heavy atom. The zero-order valence-electron chi connectivity index (χ0n) is 17.4. The minimum atomic E-state index is -1.17. The van der Waals surface area contributed by atoms with Crippen LogP contribution < -0.4 is 4.74 Å². The van der Waals surface area contributed by atoms with Gasteiger partial charge in [-0.15, -0.1) is 0 Å². The molecule has 1 spiro atoms. The molecule has 0 unspecified atom stereocenters.